The number of halogens is 1. The number of phenolic OH excluding ortho intramolecular Hbond substituents is 1. The van der Waals surface area contributed by atoms with Gasteiger partial charge in [-0.2, -0.15) is 0 Å². The second-order valence-corrected chi connectivity index (χ2v) is 4.95. The van der Waals surface area contributed by atoms with E-state index in [0.717, 1.165) is 17.9 Å². The molecular weight excluding hydrogens is 274 g/mol. The predicted molar refractivity (Wildman–Crippen MR) is 82.8 cm³/mol. The number of rotatable bonds is 5. The summed E-state index contributed by atoms with van der Waals surface area (Å²) in [7, 11) is 1.66. The number of phenols is 1. The number of hydrogen-bond donors (Lipinski definition) is 2. The number of nitrogens with one attached hydrogen (secondary N) is 1. The Kier molecular flexibility index (Phi) is 4.74. The monoisotopic (exact) mass is 291 g/mol. The van der Waals surface area contributed by atoms with Gasteiger partial charge in [-0.05, 0) is 42.3 Å². The molecule has 0 bridgehead atoms. The number of methoxy groups -OCH3 is 1. The summed E-state index contributed by atoms with van der Waals surface area (Å²) in [4.78, 5) is 0. The highest BCUT2D eigenvalue weighted by molar-refractivity contribution is 6.32. The number of ether oxygens (including phenoxy) is 1. The van der Waals surface area contributed by atoms with Crippen LogP contribution in [0.5, 0.6) is 11.5 Å². The Labute approximate surface area is 124 Å². The van der Waals surface area contributed by atoms with Gasteiger partial charge in [-0.3, -0.25) is 0 Å². The third-order valence-corrected chi connectivity index (χ3v) is 3.52. The first-order chi connectivity index (χ1) is 9.63. The van der Waals surface area contributed by atoms with Crippen molar-refractivity contribution in [3.63, 3.8) is 0 Å². The van der Waals surface area contributed by atoms with Crippen LogP contribution in [0.1, 0.15) is 24.9 Å². The van der Waals surface area contributed by atoms with E-state index >= 15 is 0 Å². The van der Waals surface area contributed by atoms with Gasteiger partial charge in [0.05, 0.1) is 18.2 Å². The molecule has 20 heavy (non-hydrogen) atoms. The van der Waals surface area contributed by atoms with Crippen LogP contribution in [0.3, 0.4) is 0 Å². The smallest absolute Gasteiger partial charge is 0.134 e. The van der Waals surface area contributed by atoms with E-state index in [4.69, 9.17) is 16.3 Å². The molecule has 4 heteroatoms. The summed E-state index contributed by atoms with van der Waals surface area (Å²) >= 11 is 5.92. The molecular formula is C16H18ClNO2. The van der Waals surface area contributed by atoms with Crippen LogP contribution in [0.25, 0.3) is 0 Å². The number of anilines is 1. The summed E-state index contributed by atoms with van der Waals surface area (Å²) in [6.45, 7) is 2.11. The quantitative estimate of drug-likeness (QED) is 0.790. The van der Waals surface area contributed by atoms with Gasteiger partial charge in [0.15, 0.2) is 0 Å². The summed E-state index contributed by atoms with van der Waals surface area (Å²) in [5, 5.41) is 13.2. The maximum atomic E-state index is 9.44. The lowest BCUT2D eigenvalue weighted by atomic mass is 10.0. The molecule has 2 aromatic rings. The van der Waals surface area contributed by atoms with Gasteiger partial charge in [0, 0.05) is 5.69 Å². The molecule has 0 saturated heterocycles. The fraction of sp³-hybridized carbons (Fsp3) is 0.250. The van der Waals surface area contributed by atoms with E-state index in [0.29, 0.717) is 5.02 Å². The fourth-order valence-corrected chi connectivity index (χ4v) is 2.24. The normalized spacial score (nSPS) is 11.9. The van der Waals surface area contributed by atoms with Gasteiger partial charge < -0.3 is 15.2 Å². The van der Waals surface area contributed by atoms with E-state index in [9.17, 15) is 5.11 Å². The highest BCUT2D eigenvalue weighted by Gasteiger charge is 2.10. The van der Waals surface area contributed by atoms with E-state index in [1.54, 1.807) is 19.2 Å². The average molecular weight is 292 g/mol. The largest absolute Gasteiger partial charge is 0.506 e. The van der Waals surface area contributed by atoms with Crippen molar-refractivity contribution in [1.82, 2.24) is 0 Å². The van der Waals surface area contributed by atoms with E-state index in [1.807, 2.05) is 30.3 Å². The van der Waals surface area contributed by atoms with Gasteiger partial charge >= 0.3 is 0 Å². The third-order valence-electron chi connectivity index (χ3n) is 3.21. The number of hydrogen-bond acceptors (Lipinski definition) is 3. The number of benzene rings is 2. The minimum atomic E-state index is 0.0923. The van der Waals surface area contributed by atoms with Gasteiger partial charge in [0.1, 0.15) is 11.5 Å². The van der Waals surface area contributed by atoms with Crippen molar-refractivity contribution >= 4 is 17.3 Å². The standard InChI is InChI=1S/C16H18ClNO2/c1-3-15(11-4-7-13(20-2)8-5-11)18-12-6-9-16(19)14(17)10-12/h4-10,15,18-19H,3H2,1-2H3. The zero-order chi connectivity index (χ0) is 14.5. The minimum Gasteiger partial charge on any atom is -0.506 e. The van der Waals surface area contributed by atoms with Crippen molar-refractivity contribution < 1.29 is 9.84 Å². The second-order valence-electron chi connectivity index (χ2n) is 4.54. The van der Waals surface area contributed by atoms with E-state index in [-0.39, 0.29) is 11.8 Å². The molecule has 1 atom stereocenters. The van der Waals surface area contributed by atoms with Crippen LogP contribution < -0.4 is 10.1 Å². The van der Waals surface area contributed by atoms with Gasteiger partial charge in [-0.25, -0.2) is 0 Å². The zero-order valence-corrected chi connectivity index (χ0v) is 12.3. The van der Waals surface area contributed by atoms with Gasteiger partial charge in [0.2, 0.25) is 0 Å². The zero-order valence-electron chi connectivity index (χ0n) is 11.6. The summed E-state index contributed by atoms with van der Waals surface area (Å²) in [6, 6.07) is 13.3. The second kappa shape index (κ2) is 6.53. The molecule has 0 fully saturated rings. The highest BCUT2D eigenvalue weighted by atomic mass is 35.5. The molecule has 106 valence electrons. The Morgan fingerprint density at radius 1 is 1.20 bits per heavy atom. The molecule has 2 N–H and O–H groups in total. The van der Waals surface area contributed by atoms with Crippen molar-refractivity contribution in [3.05, 3.63) is 53.1 Å². The van der Waals surface area contributed by atoms with Crippen molar-refractivity contribution in [1.29, 1.82) is 0 Å². The first-order valence-electron chi connectivity index (χ1n) is 6.53. The van der Waals surface area contributed by atoms with Gasteiger partial charge in [-0.1, -0.05) is 30.7 Å². The van der Waals surface area contributed by atoms with Crippen molar-refractivity contribution in [3.8, 4) is 11.5 Å². The lowest BCUT2D eigenvalue weighted by Gasteiger charge is -2.19. The van der Waals surface area contributed by atoms with E-state index < -0.39 is 0 Å². The van der Waals surface area contributed by atoms with Crippen LogP contribution in [0.2, 0.25) is 5.02 Å². The highest BCUT2D eigenvalue weighted by Crippen LogP contribution is 2.29. The molecule has 0 aliphatic heterocycles. The number of aromatic hydroxyl groups is 1. The Morgan fingerprint density at radius 2 is 1.90 bits per heavy atom. The van der Waals surface area contributed by atoms with Crippen molar-refractivity contribution in [2.45, 2.75) is 19.4 Å². The SMILES string of the molecule is CCC(Nc1ccc(O)c(Cl)c1)c1ccc(OC)cc1. The summed E-state index contributed by atoms with van der Waals surface area (Å²) < 4.78 is 5.16. The summed E-state index contributed by atoms with van der Waals surface area (Å²) in [5.74, 6) is 0.936. The fourth-order valence-electron chi connectivity index (χ4n) is 2.06. The van der Waals surface area contributed by atoms with Crippen LogP contribution in [-0.4, -0.2) is 12.2 Å². The molecule has 2 aromatic carbocycles. The Balaban J connectivity index is 2.16. The Hall–Kier alpha value is -1.87. The lowest BCUT2D eigenvalue weighted by Crippen LogP contribution is -2.09. The predicted octanol–water partition coefficient (Wildman–Crippen LogP) is 4.62. The van der Waals surface area contributed by atoms with Crippen LogP contribution in [0.4, 0.5) is 5.69 Å². The van der Waals surface area contributed by atoms with Crippen LogP contribution >= 0.6 is 11.6 Å². The third kappa shape index (κ3) is 3.36. The summed E-state index contributed by atoms with van der Waals surface area (Å²) in [6.07, 6.45) is 0.935. The van der Waals surface area contributed by atoms with Crippen molar-refractivity contribution in [2.24, 2.45) is 0 Å². The Bertz CT molecular complexity index is 569. The average Bonchev–Trinajstić information content (AvgIpc) is 2.48. The molecule has 0 amide bonds. The van der Waals surface area contributed by atoms with Crippen LogP contribution in [-0.2, 0) is 0 Å². The molecule has 0 radical (unpaired) electrons. The van der Waals surface area contributed by atoms with E-state index in [2.05, 4.69) is 12.2 Å². The Morgan fingerprint density at radius 3 is 2.45 bits per heavy atom. The van der Waals surface area contributed by atoms with E-state index in [1.165, 1.54) is 5.56 Å². The molecule has 0 saturated carbocycles. The van der Waals surface area contributed by atoms with Crippen LogP contribution in [0.15, 0.2) is 42.5 Å². The first kappa shape index (κ1) is 14.5. The molecule has 2 rings (SSSR count). The molecule has 0 aliphatic carbocycles. The van der Waals surface area contributed by atoms with Gasteiger partial charge in [-0.15, -0.1) is 0 Å². The summed E-state index contributed by atoms with van der Waals surface area (Å²) in [5.41, 5.74) is 2.06. The topological polar surface area (TPSA) is 41.5 Å². The lowest BCUT2D eigenvalue weighted by molar-refractivity contribution is 0.414. The maximum absolute atomic E-state index is 9.44. The molecule has 0 aromatic heterocycles. The first-order valence-corrected chi connectivity index (χ1v) is 6.91. The van der Waals surface area contributed by atoms with Crippen molar-refractivity contribution in [2.75, 3.05) is 12.4 Å². The molecule has 0 heterocycles. The molecule has 0 spiro atoms. The van der Waals surface area contributed by atoms with Gasteiger partial charge in [0.25, 0.3) is 0 Å². The maximum Gasteiger partial charge on any atom is 0.134 e. The molecule has 3 nitrogen and oxygen atoms in total. The minimum absolute atomic E-state index is 0.0923. The molecule has 0 aliphatic rings. The van der Waals surface area contributed by atoms with Crippen LogP contribution in [0, 0.1) is 0 Å². The molecule has 1 unspecified atom stereocenters.